The fourth-order valence-electron chi connectivity index (χ4n) is 4.69. The van der Waals surface area contributed by atoms with Crippen LogP contribution in [0.3, 0.4) is 0 Å². The first-order valence-electron chi connectivity index (χ1n) is 15.4. The van der Waals surface area contributed by atoms with E-state index in [1.807, 2.05) is 0 Å². The van der Waals surface area contributed by atoms with Gasteiger partial charge in [-0.2, -0.15) is 18.4 Å². The smallest absolute Gasteiger partial charge is 0.427 e. The van der Waals surface area contributed by atoms with Crippen LogP contribution in [0.2, 0.25) is 5.02 Å². The molecule has 4 amide bonds. The number of cyclic esters (lactones) is 1. The fourth-order valence-corrected chi connectivity index (χ4v) is 5.58. The monoisotopic (exact) mass is 751 g/mol. The molecule has 0 radical (unpaired) electrons. The fraction of sp³-hybridized carbons (Fsp3) is 0.344. The van der Waals surface area contributed by atoms with E-state index >= 15 is 0 Å². The molecule has 5 rings (SSSR count). The molecule has 0 bridgehead atoms. The van der Waals surface area contributed by atoms with Crippen LogP contribution in [0, 0.1) is 5.82 Å². The van der Waals surface area contributed by atoms with E-state index in [-0.39, 0.29) is 57.5 Å². The summed E-state index contributed by atoms with van der Waals surface area (Å²) in [6, 6.07) is 8.70. The van der Waals surface area contributed by atoms with Crippen LogP contribution >= 0.6 is 11.6 Å². The molecule has 51 heavy (non-hydrogen) atoms. The van der Waals surface area contributed by atoms with E-state index in [0.717, 1.165) is 31.7 Å². The van der Waals surface area contributed by atoms with Crippen LogP contribution < -0.4 is 38.1 Å². The molecule has 1 aliphatic carbocycles. The number of carbonyl (C=O) groups excluding carboxylic acids is 3. The molecule has 19 heteroatoms. The number of hydrogen-bond donors (Lipinski definition) is 2. The summed E-state index contributed by atoms with van der Waals surface area (Å²) in [5.74, 6) is -1.19. The van der Waals surface area contributed by atoms with Crippen molar-refractivity contribution in [2.75, 3.05) is 31.0 Å². The third kappa shape index (κ3) is 10.1. The van der Waals surface area contributed by atoms with Crippen LogP contribution in [0.4, 0.5) is 25.6 Å². The molecule has 1 saturated heterocycles. The van der Waals surface area contributed by atoms with E-state index in [0.29, 0.717) is 17.1 Å². The average molecular weight is 752 g/mol. The summed E-state index contributed by atoms with van der Waals surface area (Å²) in [7, 11) is -1.76. The Labute approximate surface area is 298 Å². The summed E-state index contributed by atoms with van der Waals surface area (Å²) in [6.07, 6.45) is 3.00. The number of hydrogen-bond acceptors (Lipinski definition) is 13. The van der Waals surface area contributed by atoms with Gasteiger partial charge >= 0.3 is 28.3 Å². The van der Waals surface area contributed by atoms with Gasteiger partial charge in [-0.25, -0.2) is 23.6 Å². The van der Waals surface area contributed by atoms with Crippen molar-refractivity contribution in [2.45, 2.75) is 52.6 Å². The van der Waals surface area contributed by atoms with Gasteiger partial charge in [0.05, 0.1) is 43.7 Å². The number of ether oxygens (including phenoxy) is 5. The van der Waals surface area contributed by atoms with Crippen molar-refractivity contribution >= 4 is 51.6 Å². The number of benzene rings is 2. The van der Waals surface area contributed by atoms with Crippen molar-refractivity contribution in [3.05, 3.63) is 64.6 Å². The molecule has 3 aromatic rings. The van der Waals surface area contributed by atoms with Crippen molar-refractivity contribution in [3.8, 4) is 29.0 Å². The van der Waals surface area contributed by atoms with Gasteiger partial charge in [-0.3, -0.25) is 10.1 Å². The number of anilines is 2. The lowest BCUT2D eigenvalue weighted by Gasteiger charge is -2.18. The molecule has 16 nitrogen and oxygen atoms in total. The van der Waals surface area contributed by atoms with Crippen LogP contribution in [-0.2, 0) is 19.8 Å². The molecule has 2 heterocycles. The van der Waals surface area contributed by atoms with Gasteiger partial charge in [0.1, 0.15) is 11.6 Å². The lowest BCUT2D eigenvalue weighted by Crippen LogP contribution is -2.37. The SMILES string of the molecule is CC(C)=C1OC(=O)N(c2cc(OC3CCCC3)c(Cl)cc2F)C1=O.CCOc1ccccc1OS(=O)(=O)NC(=O)Nc1nc(OC)cc(OC)n1. The second-order valence-corrected chi connectivity index (χ2v) is 12.5. The molecule has 0 unspecified atom stereocenters. The number of imide groups is 1. The van der Waals surface area contributed by atoms with Gasteiger partial charge in [0, 0.05) is 6.07 Å². The summed E-state index contributed by atoms with van der Waals surface area (Å²) >= 11 is 6.04. The number of aromatic nitrogens is 2. The van der Waals surface area contributed by atoms with Crippen molar-refractivity contribution in [1.29, 1.82) is 0 Å². The predicted octanol–water partition coefficient (Wildman–Crippen LogP) is 5.92. The average Bonchev–Trinajstić information content (AvgIpc) is 3.70. The van der Waals surface area contributed by atoms with Crippen LogP contribution in [0.1, 0.15) is 46.5 Å². The number of rotatable bonds is 11. The molecule has 2 N–H and O–H groups in total. The minimum Gasteiger partial charge on any atom is -0.490 e. The Balaban J connectivity index is 0.000000230. The first kappa shape index (κ1) is 38.4. The highest BCUT2D eigenvalue weighted by Gasteiger charge is 2.40. The number of methoxy groups -OCH3 is 2. The molecule has 1 aliphatic heterocycles. The number of carbonyl (C=O) groups is 3. The van der Waals surface area contributed by atoms with E-state index in [9.17, 15) is 27.2 Å². The van der Waals surface area contributed by atoms with Gasteiger partial charge < -0.3 is 27.9 Å². The number of amides is 4. The van der Waals surface area contributed by atoms with Crippen LogP contribution in [0.25, 0.3) is 0 Å². The second-order valence-electron chi connectivity index (χ2n) is 10.8. The standard InChI is InChI=1S/C17H17ClFNO4.C15H18N4O7S/c1-9(2)15-16(21)20(17(22)24-15)13-8-14(11(18)7-12(13)19)23-10-5-3-4-6-10;1-4-25-10-7-5-6-8-11(10)26-27(21,22)19-15(20)18-14-16-12(23-2)9-13(17-14)24-3/h7-8,10H,3-6H2,1-2H3;5-9H,4H2,1-3H3,(H2,16,17,18,19,20). The highest BCUT2D eigenvalue weighted by Crippen LogP contribution is 2.37. The van der Waals surface area contributed by atoms with Crippen LogP contribution in [0.15, 0.2) is 53.8 Å². The lowest BCUT2D eigenvalue weighted by atomic mass is 10.2. The molecule has 1 saturated carbocycles. The molecule has 0 atom stereocenters. The third-order valence-electron chi connectivity index (χ3n) is 6.95. The highest BCUT2D eigenvalue weighted by atomic mass is 35.5. The van der Waals surface area contributed by atoms with E-state index in [1.54, 1.807) is 37.6 Å². The maximum absolute atomic E-state index is 14.3. The van der Waals surface area contributed by atoms with Gasteiger partial charge in [-0.05, 0) is 70.2 Å². The Morgan fingerprint density at radius 1 is 1.02 bits per heavy atom. The number of allylic oxidation sites excluding steroid dienone is 1. The molecular weight excluding hydrogens is 717 g/mol. The predicted molar refractivity (Wildman–Crippen MR) is 181 cm³/mol. The van der Waals surface area contributed by atoms with Crippen molar-refractivity contribution < 1.29 is 55.1 Å². The topological polar surface area (TPSA) is 194 Å². The Morgan fingerprint density at radius 3 is 2.22 bits per heavy atom. The first-order valence-corrected chi connectivity index (χ1v) is 17.1. The maximum Gasteiger partial charge on any atom is 0.427 e. The molecule has 2 aromatic carbocycles. The minimum atomic E-state index is -4.49. The number of urea groups is 1. The zero-order valence-electron chi connectivity index (χ0n) is 28.2. The van der Waals surface area contributed by atoms with Crippen molar-refractivity contribution in [2.24, 2.45) is 0 Å². The molecule has 274 valence electrons. The number of halogens is 2. The lowest BCUT2D eigenvalue weighted by molar-refractivity contribution is -0.114. The summed E-state index contributed by atoms with van der Waals surface area (Å²) in [6.45, 7) is 5.32. The van der Waals surface area contributed by atoms with E-state index in [1.165, 1.54) is 38.5 Å². The Bertz CT molecular complexity index is 1900. The summed E-state index contributed by atoms with van der Waals surface area (Å²) in [5, 5.41) is 2.25. The summed E-state index contributed by atoms with van der Waals surface area (Å²) in [4.78, 5) is 44.7. The van der Waals surface area contributed by atoms with Gasteiger partial charge in [0.15, 0.2) is 17.3 Å². The van der Waals surface area contributed by atoms with Crippen LogP contribution in [-0.4, -0.2) is 63.3 Å². The van der Waals surface area contributed by atoms with E-state index in [4.69, 9.17) is 39.5 Å². The normalized spacial score (nSPS) is 14.3. The third-order valence-corrected chi connectivity index (χ3v) is 8.08. The molecule has 2 fully saturated rings. The molecule has 1 aromatic heterocycles. The summed E-state index contributed by atoms with van der Waals surface area (Å²) in [5.41, 5.74) is 0.311. The summed E-state index contributed by atoms with van der Waals surface area (Å²) < 4.78 is 70.9. The molecular formula is C32H35ClFN5O11S. The van der Waals surface area contributed by atoms with E-state index < -0.39 is 34.2 Å². The first-order chi connectivity index (χ1) is 24.2. The van der Waals surface area contributed by atoms with Crippen LogP contribution in [0.5, 0.6) is 29.0 Å². The van der Waals surface area contributed by atoms with Gasteiger partial charge in [-0.15, -0.1) is 0 Å². The maximum atomic E-state index is 14.3. The highest BCUT2D eigenvalue weighted by molar-refractivity contribution is 7.85. The zero-order chi connectivity index (χ0) is 37.3. The second kappa shape index (κ2) is 17.0. The quantitative estimate of drug-likeness (QED) is 0.220. The number of nitrogens with one attached hydrogen (secondary N) is 2. The number of nitrogens with zero attached hydrogens (tertiary/aromatic N) is 3. The van der Waals surface area contributed by atoms with Gasteiger partial charge in [0.25, 0.3) is 0 Å². The van der Waals surface area contributed by atoms with Crippen molar-refractivity contribution in [3.63, 3.8) is 0 Å². The molecule has 2 aliphatic rings. The van der Waals surface area contributed by atoms with Crippen molar-refractivity contribution in [1.82, 2.24) is 14.7 Å². The van der Waals surface area contributed by atoms with Gasteiger partial charge in [0.2, 0.25) is 17.7 Å². The molecule has 0 spiro atoms. The largest absolute Gasteiger partial charge is 0.490 e. The Hall–Kier alpha value is -5.36. The number of para-hydroxylation sites is 2. The Kier molecular flexibility index (Phi) is 12.8. The van der Waals surface area contributed by atoms with E-state index in [2.05, 4.69) is 15.3 Å². The zero-order valence-corrected chi connectivity index (χ0v) is 29.7. The van der Waals surface area contributed by atoms with Gasteiger partial charge in [-0.1, -0.05) is 23.7 Å². The Morgan fingerprint density at radius 2 is 1.65 bits per heavy atom. The minimum absolute atomic E-state index is 0.00962.